The van der Waals surface area contributed by atoms with Crippen LogP contribution in [-0.4, -0.2) is 24.0 Å². The third-order valence-electron chi connectivity index (χ3n) is 3.03. The number of carbonyl (C=O) groups excluding carboxylic acids is 1. The maximum atomic E-state index is 11.9. The van der Waals surface area contributed by atoms with E-state index in [1.165, 1.54) is 12.0 Å². The first-order valence-corrected chi connectivity index (χ1v) is 6.79. The number of nitrogens with zero attached hydrogens (tertiary/aromatic N) is 1. The van der Waals surface area contributed by atoms with Crippen molar-refractivity contribution in [3.05, 3.63) is 22.4 Å². The summed E-state index contributed by atoms with van der Waals surface area (Å²) in [6.45, 7) is 3.84. The standard InChI is InChI=1S/C12H18N2OS/c1-10(11-5-8-16-9-11)13-12(15)14-6-3-2-4-7-14/h5,8-10H,2-4,6-7H2,1H3,(H,13,15). The highest BCUT2D eigenvalue weighted by Gasteiger charge is 2.18. The lowest BCUT2D eigenvalue weighted by atomic mass is 10.1. The van der Waals surface area contributed by atoms with Gasteiger partial charge in [-0.1, -0.05) is 0 Å². The van der Waals surface area contributed by atoms with E-state index in [2.05, 4.69) is 16.8 Å². The van der Waals surface area contributed by atoms with Crippen LogP contribution in [0, 0.1) is 0 Å². The molecule has 0 aromatic carbocycles. The number of piperidine rings is 1. The first kappa shape index (κ1) is 11.5. The van der Waals surface area contributed by atoms with E-state index in [1.54, 1.807) is 11.3 Å². The number of rotatable bonds is 2. The van der Waals surface area contributed by atoms with Crippen molar-refractivity contribution in [1.82, 2.24) is 10.2 Å². The first-order chi connectivity index (χ1) is 7.77. The van der Waals surface area contributed by atoms with Crippen LogP contribution >= 0.6 is 11.3 Å². The maximum Gasteiger partial charge on any atom is 0.317 e. The van der Waals surface area contributed by atoms with Crippen LogP contribution in [0.2, 0.25) is 0 Å². The van der Waals surface area contributed by atoms with E-state index in [-0.39, 0.29) is 12.1 Å². The van der Waals surface area contributed by atoms with Crippen LogP contribution in [-0.2, 0) is 0 Å². The van der Waals surface area contributed by atoms with E-state index in [4.69, 9.17) is 0 Å². The molecule has 0 saturated carbocycles. The molecule has 0 radical (unpaired) electrons. The average molecular weight is 238 g/mol. The highest BCUT2D eigenvalue weighted by Crippen LogP contribution is 2.16. The minimum atomic E-state index is 0.0819. The maximum absolute atomic E-state index is 11.9. The van der Waals surface area contributed by atoms with Crippen LogP contribution in [0.1, 0.15) is 37.8 Å². The van der Waals surface area contributed by atoms with Crippen LogP contribution in [0.4, 0.5) is 4.79 Å². The van der Waals surface area contributed by atoms with Crippen LogP contribution in [0.5, 0.6) is 0 Å². The summed E-state index contributed by atoms with van der Waals surface area (Å²) in [6.07, 6.45) is 3.53. The van der Waals surface area contributed by atoms with Crippen molar-refractivity contribution >= 4 is 17.4 Å². The van der Waals surface area contributed by atoms with Gasteiger partial charge in [0.2, 0.25) is 0 Å². The molecule has 2 amide bonds. The quantitative estimate of drug-likeness (QED) is 0.844. The molecule has 1 aromatic rings. The summed E-state index contributed by atoms with van der Waals surface area (Å²) in [5.41, 5.74) is 1.19. The molecule has 1 atom stereocenters. The van der Waals surface area contributed by atoms with Gasteiger partial charge in [-0.15, -0.1) is 0 Å². The Hall–Kier alpha value is -1.03. The second-order valence-electron chi connectivity index (χ2n) is 4.28. The fourth-order valence-electron chi connectivity index (χ4n) is 1.98. The van der Waals surface area contributed by atoms with Gasteiger partial charge in [0, 0.05) is 13.1 Å². The van der Waals surface area contributed by atoms with E-state index in [1.807, 2.05) is 17.2 Å². The molecule has 0 bridgehead atoms. The molecule has 1 saturated heterocycles. The van der Waals surface area contributed by atoms with Gasteiger partial charge < -0.3 is 10.2 Å². The van der Waals surface area contributed by atoms with E-state index < -0.39 is 0 Å². The van der Waals surface area contributed by atoms with E-state index in [0.29, 0.717) is 0 Å². The van der Waals surface area contributed by atoms with E-state index >= 15 is 0 Å². The van der Waals surface area contributed by atoms with Gasteiger partial charge in [0.15, 0.2) is 0 Å². The van der Waals surface area contributed by atoms with Crippen molar-refractivity contribution in [2.75, 3.05) is 13.1 Å². The van der Waals surface area contributed by atoms with Crippen molar-refractivity contribution in [3.63, 3.8) is 0 Å². The summed E-state index contributed by atoms with van der Waals surface area (Å²) >= 11 is 1.67. The Labute approximate surface area is 100 Å². The first-order valence-electron chi connectivity index (χ1n) is 5.85. The topological polar surface area (TPSA) is 32.3 Å². The Morgan fingerprint density at radius 2 is 2.19 bits per heavy atom. The van der Waals surface area contributed by atoms with Crippen LogP contribution in [0.3, 0.4) is 0 Å². The molecule has 1 fully saturated rings. The molecule has 16 heavy (non-hydrogen) atoms. The van der Waals surface area contributed by atoms with Gasteiger partial charge in [-0.2, -0.15) is 11.3 Å². The summed E-state index contributed by atoms with van der Waals surface area (Å²) in [6, 6.07) is 2.25. The molecule has 1 aliphatic rings. The molecule has 88 valence electrons. The van der Waals surface area contributed by atoms with E-state index in [0.717, 1.165) is 25.9 Å². The normalized spacial score (nSPS) is 18.2. The molecule has 4 heteroatoms. The minimum absolute atomic E-state index is 0.0819. The Kier molecular flexibility index (Phi) is 3.83. The Bertz CT molecular complexity index is 331. The zero-order valence-corrected chi connectivity index (χ0v) is 10.4. The van der Waals surface area contributed by atoms with Gasteiger partial charge in [-0.25, -0.2) is 4.79 Å². The summed E-state index contributed by atoms with van der Waals surface area (Å²) in [5.74, 6) is 0. The van der Waals surface area contributed by atoms with Gasteiger partial charge in [-0.05, 0) is 48.6 Å². The van der Waals surface area contributed by atoms with Gasteiger partial charge >= 0.3 is 6.03 Å². The highest BCUT2D eigenvalue weighted by atomic mass is 32.1. The number of hydrogen-bond acceptors (Lipinski definition) is 2. The molecule has 1 N–H and O–H groups in total. The zero-order chi connectivity index (χ0) is 11.4. The lowest BCUT2D eigenvalue weighted by molar-refractivity contribution is 0.183. The molecule has 3 nitrogen and oxygen atoms in total. The number of nitrogens with one attached hydrogen (secondary N) is 1. The zero-order valence-electron chi connectivity index (χ0n) is 9.61. The predicted molar refractivity (Wildman–Crippen MR) is 66.7 cm³/mol. The van der Waals surface area contributed by atoms with Gasteiger partial charge in [0.25, 0.3) is 0 Å². The Balaban J connectivity index is 1.86. The van der Waals surface area contributed by atoms with Crippen LogP contribution < -0.4 is 5.32 Å². The fourth-order valence-corrected chi connectivity index (χ4v) is 2.73. The largest absolute Gasteiger partial charge is 0.331 e. The SMILES string of the molecule is CC(NC(=O)N1CCCCC1)c1ccsc1. The predicted octanol–water partition coefficient (Wildman–Crippen LogP) is 3.00. The second kappa shape index (κ2) is 5.34. The van der Waals surface area contributed by atoms with Gasteiger partial charge in [-0.3, -0.25) is 0 Å². The van der Waals surface area contributed by atoms with Crippen molar-refractivity contribution < 1.29 is 4.79 Å². The molecular formula is C12H18N2OS. The lowest BCUT2D eigenvalue weighted by Crippen LogP contribution is -2.43. The smallest absolute Gasteiger partial charge is 0.317 e. The molecule has 1 unspecified atom stereocenters. The van der Waals surface area contributed by atoms with Gasteiger partial charge in [0.1, 0.15) is 0 Å². The van der Waals surface area contributed by atoms with Crippen molar-refractivity contribution in [1.29, 1.82) is 0 Å². The number of amides is 2. The molecular weight excluding hydrogens is 220 g/mol. The highest BCUT2D eigenvalue weighted by molar-refractivity contribution is 7.07. The molecule has 1 aliphatic heterocycles. The monoisotopic (exact) mass is 238 g/mol. The third-order valence-corrected chi connectivity index (χ3v) is 3.73. The molecule has 0 spiro atoms. The lowest BCUT2D eigenvalue weighted by Gasteiger charge is -2.28. The summed E-state index contributed by atoms with van der Waals surface area (Å²) in [4.78, 5) is 13.8. The number of hydrogen-bond donors (Lipinski definition) is 1. The Morgan fingerprint density at radius 1 is 1.44 bits per heavy atom. The summed E-state index contributed by atoms with van der Waals surface area (Å²) < 4.78 is 0. The number of urea groups is 1. The van der Waals surface area contributed by atoms with Crippen LogP contribution in [0.15, 0.2) is 16.8 Å². The number of thiophene rings is 1. The van der Waals surface area contributed by atoms with Crippen LogP contribution in [0.25, 0.3) is 0 Å². The molecule has 2 rings (SSSR count). The average Bonchev–Trinajstić information content (AvgIpc) is 2.83. The number of likely N-dealkylation sites (tertiary alicyclic amines) is 1. The second-order valence-corrected chi connectivity index (χ2v) is 5.06. The van der Waals surface area contributed by atoms with Crippen molar-refractivity contribution in [3.8, 4) is 0 Å². The minimum Gasteiger partial charge on any atom is -0.331 e. The van der Waals surface area contributed by atoms with Crippen molar-refractivity contribution in [2.45, 2.75) is 32.2 Å². The molecule has 0 aliphatic carbocycles. The van der Waals surface area contributed by atoms with Crippen molar-refractivity contribution in [2.24, 2.45) is 0 Å². The summed E-state index contributed by atoms with van der Waals surface area (Å²) in [5, 5.41) is 7.17. The fraction of sp³-hybridized carbons (Fsp3) is 0.583. The summed E-state index contributed by atoms with van der Waals surface area (Å²) in [7, 11) is 0. The third kappa shape index (κ3) is 2.76. The number of carbonyl (C=O) groups is 1. The van der Waals surface area contributed by atoms with Gasteiger partial charge in [0.05, 0.1) is 6.04 Å². The molecule has 1 aromatic heterocycles. The molecule has 2 heterocycles. The Morgan fingerprint density at radius 3 is 2.81 bits per heavy atom. The van der Waals surface area contributed by atoms with E-state index in [9.17, 15) is 4.79 Å².